The van der Waals surface area contributed by atoms with E-state index in [0.717, 1.165) is 12.8 Å². The molecule has 0 aromatic rings. The van der Waals surface area contributed by atoms with Crippen LogP contribution >= 0.6 is 0 Å². The number of carbonyl (C=O) groups excluding carboxylic acids is 1. The summed E-state index contributed by atoms with van der Waals surface area (Å²) in [7, 11) is 0. The highest BCUT2D eigenvalue weighted by Crippen LogP contribution is 2.17. The summed E-state index contributed by atoms with van der Waals surface area (Å²) in [4.78, 5) is 11.5. The van der Waals surface area contributed by atoms with Crippen molar-refractivity contribution in [2.24, 2.45) is 5.73 Å². The zero-order chi connectivity index (χ0) is 10.4. The highest BCUT2D eigenvalue weighted by atomic mass is 16.2. The van der Waals surface area contributed by atoms with Crippen LogP contribution in [0.4, 0.5) is 0 Å². The zero-order valence-electron chi connectivity index (χ0n) is 8.83. The molecule has 0 bridgehead atoms. The monoisotopic (exact) mass is 196 g/mol. The van der Waals surface area contributed by atoms with Gasteiger partial charge in [-0.25, -0.2) is 0 Å². The molecular formula is C11H20N2O. The van der Waals surface area contributed by atoms with Crippen molar-refractivity contribution in [2.45, 2.75) is 51.1 Å². The molecule has 0 aliphatic heterocycles. The lowest BCUT2D eigenvalue weighted by Gasteiger charge is -2.15. The summed E-state index contributed by atoms with van der Waals surface area (Å²) < 4.78 is 0. The van der Waals surface area contributed by atoms with E-state index in [1.807, 2.05) is 19.1 Å². The summed E-state index contributed by atoms with van der Waals surface area (Å²) in [5.74, 6) is -0.00463. The Morgan fingerprint density at radius 1 is 1.57 bits per heavy atom. The number of nitrogens with one attached hydrogen (secondary N) is 1. The highest BCUT2D eigenvalue weighted by molar-refractivity contribution is 5.81. The Morgan fingerprint density at radius 3 is 2.79 bits per heavy atom. The quantitative estimate of drug-likeness (QED) is 0.667. The second-order valence-corrected chi connectivity index (χ2v) is 3.90. The Bertz CT molecular complexity index is 207. The van der Waals surface area contributed by atoms with E-state index in [9.17, 15) is 4.79 Å². The van der Waals surface area contributed by atoms with Crippen molar-refractivity contribution in [3.8, 4) is 0 Å². The first-order chi connectivity index (χ1) is 6.74. The first-order valence-electron chi connectivity index (χ1n) is 5.41. The lowest BCUT2D eigenvalue weighted by molar-refractivity contribution is -0.122. The molecule has 0 radical (unpaired) electrons. The van der Waals surface area contributed by atoms with E-state index in [1.54, 1.807) is 0 Å². The van der Waals surface area contributed by atoms with E-state index < -0.39 is 0 Å². The van der Waals surface area contributed by atoms with Crippen molar-refractivity contribution in [1.29, 1.82) is 0 Å². The standard InChI is InChI=1S/C11H20N2O/c1-2-3-8-10(12)11(14)13-9-6-4-5-7-9/h2-3,9-10H,4-8,12H2,1H3,(H,13,14)/b3-2+. The number of allylic oxidation sites excluding steroid dienone is 1. The number of rotatable bonds is 4. The predicted octanol–water partition coefficient (Wildman–Crippen LogP) is 1.34. The van der Waals surface area contributed by atoms with Gasteiger partial charge in [0.05, 0.1) is 6.04 Å². The second-order valence-electron chi connectivity index (χ2n) is 3.90. The smallest absolute Gasteiger partial charge is 0.237 e. The lowest BCUT2D eigenvalue weighted by Crippen LogP contribution is -2.44. The number of amides is 1. The summed E-state index contributed by atoms with van der Waals surface area (Å²) in [5, 5.41) is 2.99. The predicted molar refractivity (Wildman–Crippen MR) is 57.8 cm³/mol. The average molecular weight is 196 g/mol. The summed E-state index contributed by atoms with van der Waals surface area (Å²) in [6.45, 7) is 1.93. The van der Waals surface area contributed by atoms with Gasteiger partial charge in [0.1, 0.15) is 0 Å². The van der Waals surface area contributed by atoms with Crippen molar-refractivity contribution in [3.05, 3.63) is 12.2 Å². The maximum absolute atomic E-state index is 11.5. The Hall–Kier alpha value is -0.830. The van der Waals surface area contributed by atoms with E-state index in [0.29, 0.717) is 12.5 Å². The molecular weight excluding hydrogens is 176 g/mol. The maximum atomic E-state index is 11.5. The van der Waals surface area contributed by atoms with Crippen molar-refractivity contribution in [1.82, 2.24) is 5.32 Å². The van der Waals surface area contributed by atoms with Crippen LogP contribution in [0, 0.1) is 0 Å². The van der Waals surface area contributed by atoms with Gasteiger partial charge >= 0.3 is 0 Å². The normalized spacial score (nSPS) is 20.1. The minimum atomic E-state index is -0.383. The van der Waals surface area contributed by atoms with Gasteiger partial charge in [0.2, 0.25) is 5.91 Å². The Balaban J connectivity index is 2.25. The van der Waals surface area contributed by atoms with Gasteiger partial charge in [0.25, 0.3) is 0 Å². The lowest BCUT2D eigenvalue weighted by atomic mass is 10.1. The second kappa shape index (κ2) is 5.81. The van der Waals surface area contributed by atoms with Crippen LogP contribution in [0.25, 0.3) is 0 Å². The third kappa shape index (κ3) is 3.50. The van der Waals surface area contributed by atoms with Gasteiger partial charge in [0.15, 0.2) is 0 Å². The highest BCUT2D eigenvalue weighted by Gasteiger charge is 2.19. The molecule has 1 amide bonds. The van der Waals surface area contributed by atoms with Gasteiger partial charge in [-0.05, 0) is 26.2 Å². The van der Waals surface area contributed by atoms with Gasteiger partial charge in [-0.15, -0.1) is 0 Å². The number of carbonyl (C=O) groups is 1. The first-order valence-corrected chi connectivity index (χ1v) is 5.41. The van der Waals surface area contributed by atoms with Gasteiger partial charge in [-0.3, -0.25) is 4.79 Å². The van der Waals surface area contributed by atoms with Gasteiger partial charge in [0, 0.05) is 6.04 Å². The number of hydrogen-bond donors (Lipinski definition) is 2. The Morgan fingerprint density at radius 2 is 2.21 bits per heavy atom. The van der Waals surface area contributed by atoms with Crippen molar-refractivity contribution in [2.75, 3.05) is 0 Å². The molecule has 0 saturated heterocycles. The largest absolute Gasteiger partial charge is 0.352 e. The third-order valence-corrected chi connectivity index (χ3v) is 2.66. The van der Waals surface area contributed by atoms with E-state index in [4.69, 9.17) is 5.73 Å². The fourth-order valence-corrected chi connectivity index (χ4v) is 1.77. The molecule has 1 aliphatic carbocycles. The number of nitrogens with two attached hydrogens (primary N) is 1. The summed E-state index contributed by atoms with van der Waals surface area (Å²) in [6, 6.07) is -0.00837. The van der Waals surface area contributed by atoms with Crippen LogP contribution in [0.5, 0.6) is 0 Å². The Labute approximate surface area is 85.7 Å². The molecule has 0 heterocycles. The summed E-state index contributed by atoms with van der Waals surface area (Å²) in [6.07, 6.45) is 9.17. The first kappa shape index (κ1) is 11.2. The molecule has 0 spiro atoms. The van der Waals surface area contributed by atoms with E-state index >= 15 is 0 Å². The average Bonchev–Trinajstić information content (AvgIpc) is 2.66. The fraction of sp³-hybridized carbons (Fsp3) is 0.727. The van der Waals surface area contributed by atoms with Crippen LogP contribution in [0.15, 0.2) is 12.2 Å². The molecule has 3 nitrogen and oxygen atoms in total. The van der Waals surface area contributed by atoms with Crippen LogP contribution in [0.2, 0.25) is 0 Å². The molecule has 0 aromatic carbocycles. The summed E-state index contributed by atoms with van der Waals surface area (Å²) in [5.41, 5.74) is 5.72. The molecule has 14 heavy (non-hydrogen) atoms. The van der Waals surface area contributed by atoms with Gasteiger partial charge < -0.3 is 11.1 Å². The van der Waals surface area contributed by atoms with Crippen LogP contribution in [-0.4, -0.2) is 18.0 Å². The topological polar surface area (TPSA) is 55.1 Å². The minimum Gasteiger partial charge on any atom is -0.352 e. The Kier molecular flexibility index (Phi) is 4.66. The fourth-order valence-electron chi connectivity index (χ4n) is 1.77. The van der Waals surface area contributed by atoms with Crippen LogP contribution in [0.3, 0.4) is 0 Å². The van der Waals surface area contributed by atoms with Crippen LogP contribution in [0.1, 0.15) is 39.0 Å². The molecule has 1 aliphatic rings. The molecule has 1 fully saturated rings. The van der Waals surface area contributed by atoms with Gasteiger partial charge in [-0.1, -0.05) is 25.0 Å². The number of hydrogen-bond acceptors (Lipinski definition) is 2. The van der Waals surface area contributed by atoms with Crippen molar-refractivity contribution < 1.29 is 4.79 Å². The van der Waals surface area contributed by atoms with Gasteiger partial charge in [-0.2, -0.15) is 0 Å². The molecule has 0 aromatic heterocycles. The maximum Gasteiger partial charge on any atom is 0.237 e. The van der Waals surface area contributed by atoms with Crippen molar-refractivity contribution in [3.63, 3.8) is 0 Å². The van der Waals surface area contributed by atoms with Crippen LogP contribution < -0.4 is 11.1 Å². The minimum absolute atomic E-state index is 0.00463. The SMILES string of the molecule is C/C=C/CC(N)C(=O)NC1CCCC1. The molecule has 1 unspecified atom stereocenters. The van der Waals surface area contributed by atoms with E-state index in [1.165, 1.54) is 12.8 Å². The van der Waals surface area contributed by atoms with Crippen molar-refractivity contribution >= 4 is 5.91 Å². The van der Waals surface area contributed by atoms with E-state index in [2.05, 4.69) is 5.32 Å². The third-order valence-electron chi connectivity index (χ3n) is 2.66. The molecule has 3 heteroatoms. The zero-order valence-corrected chi connectivity index (χ0v) is 8.83. The molecule has 80 valence electrons. The molecule has 1 atom stereocenters. The molecule has 1 saturated carbocycles. The molecule has 1 rings (SSSR count). The van der Waals surface area contributed by atoms with E-state index in [-0.39, 0.29) is 11.9 Å². The summed E-state index contributed by atoms with van der Waals surface area (Å²) >= 11 is 0. The van der Waals surface area contributed by atoms with Crippen LogP contribution in [-0.2, 0) is 4.79 Å². The molecule has 3 N–H and O–H groups in total.